The van der Waals surface area contributed by atoms with Crippen molar-refractivity contribution >= 4 is 35.1 Å². The van der Waals surface area contributed by atoms with Crippen molar-refractivity contribution in [3.05, 3.63) is 53.6 Å². The van der Waals surface area contributed by atoms with Gasteiger partial charge in [-0.3, -0.25) is 14.4 Å². The van der Waals surface area contributed by atoms with Crippen molar-refractivity contribution in [2.45, 2.75) is 49.9 Å². The van der Waals surface area contributed by atoms with Crippen molar-refractivity contribution in [2.24, 2.45) is 11.8 Å². The standard InChI is InChI=1S/C27H31ClN2O6/c28-18-9-11-19(12-10-18)29-15-7-13-27-22(21-20(36-27)8-3-6-17-35-26(21)34)24(32)30(23(27)25(29)33)14-4-1-2-5-16-31/h3,7-13,20-23,31H,1-2,4-6,14-17H2/t20-,21?,22+,23-,27?/m1/s1. The number of rotatable bonds is 7. The van der Waals surface area contributed by atoms with Crippen LogP contribution in [0.4, 0.5) is 5.69 Å². The molecule has 4 aliphatic rings. The third kappa shape index (κ3) is 4.25. The number of likely N-dealkylation sites (tertiary alicyclic amines) is 1. The molecule has 4 heterocycles. The highest BCUT2D eigenvalue weighted by atomic mass is 35.5. The summed E-state index contributed by atoms with van der Waals surface area (Å²) in [6, 6.07) is 6.11. The molecule has 2 amide bonds. The van der Waals surface area contributed by atoms with E-state index < -0.39 is 35.6 Å². The minimum atomic E-state index is -1.26. The van der Waals surface area contributed by atoms with E-state index in [1.807, 2.05) is 24.3 Å². The van der Waals surface area contributed by atoms with Gasteiger partial charge in [-0.2, -0.15) is 0 Å². The summed E-state index contributed by atoms with van der Waals surface area (Å²) in [6.45, 7) is 1.06. The summed E-state index contributed by atoms with van der Waals surface area (Å²) in [5.41, 5.74) is -0.586. The number of cyclic esters (lactones) is 1. The van der Waals surface area contributed by atoms with E-state index >= 15 is 0 Å². The van der Waals surface area contributed by atoms with Crippen LogP contribution in [0.2, 0.25) is 5.02 Å². The second-order valence-corrected chi connectivity index (χ2v) is 10.2. The van der Waals surface area contributed by atoms with E-state index in [9.17, 15) is 14.4 Å². The molecular formula is C27H31ClN2O6. The molecule has 0 bridgehead atoms. The highest BCUT2D eigenvalue weighted by Gasteiger charge is 2.71. The fraction of sp³-hybridized carbons (Fsp3) is 0.519. The number of ether oxygens (including phenoxy) is 2. The van der Waals surface area contributed by atoms with Crippen LogP contribution in [0.1, 0.15) is 32.1 Å². The van der Waals surface area contributed by atoms with Crippen LogP contribution in [0.15, 0.2) is 48.6 Å². The SMILES string of the molecule is O=C1OCCC=C[C@H]2OC34C=CCN(c5ccc(Cl)cc5)C(=O)[C@H]3N(CCCCCCO)C(=O)[C@@H]4C12. The van der Waals surface area contributed by atoms with Crippen LogP contribution in [0.25, 0.3) is 0 Å². The quantitative estimate of drug-likeness (QED) is 0.341. The van der Waals surface area contributed by atoms with Crippen molar-refractivity contribution in [1.82, 2.24) is 4.90 Å². The van der Waals surface area contributed by atoms with Gasteiger partial charge in [-0.25, -0.2) is 0 Å². The molecule has 1 aromatic carbocycles. The van der Waals surface area contributed by atoms with Crippen LogP contribution < -0.4 is 4.90 Å². The Morgan fingerprint density at radius 1 is 1.03 bits per heavy atom. The van der Waals surface area contributed by atoms with E-state index in [1.165, 1.54) is 0 Å². The molecule has 2 saturated heterocycles. The molecule has 2 unspecified atom stereocenters. The van der Waals surface area contributed by atoms with Crippen LogP contribution in [0.3, 0.4) is 0 Å². The molecule has 1 aromatic rings. The normalized spacial score (nSPS) is 31.4. The van der Waals surface area contributed by atoms with Crippen LogP contribution in [0, 0.1) is 11.8 Å². The Morgan fingerprint density at radius 2 is 1.81 bits per heavy atom. The zero-order valence-corrected chi connectivity index (χ0v) is 20.8. The topological polar surface area (TPSA) is 96.4 Å². The van der Waals surface area contributed by atoms with E-state index in [0.717, 1.165) is 12.8 Å². The first kappa shape index (κ1) is 25.0. The molecule has 0 aromatic heterocycles. The summed E-state index contributed by atoms with van der Waals surface area (Å²) in [6.07, 6.45) is 10.4. The zero-order chi connectivity index (χ0) is 25.3. The maximum atomic E-state index is 14.2. The number of aliphatic hydroxyl groups is 1. The van der Waals surface area contributed by atoms with Gasteiger partial charge in [0.1, 0.15) is 17.6 Å². The van der Waals surface area contributed by atoms with Crippen LogP contribution in [-0.2, 0) is 23.9 Å². The number of nitrogens with zero attached hydrogens (tertiary/aromatic N) is 2. The number of halogens is 1. The van der Waals surface area contributed by atoms with Gasteiger partial charge in [0.25, 0.3) is 5.91 Å². The van der Waals surface area contributed by atoms with Gasteiger partial charge in [-0.1, -0.05) is 48.7 Å². The zero-order valence-electron chi connectivity index (χ0n) is 20.1. The van der Waals surface area contributed by atoms with Gasteiger partial charge < -0.3 is 24.4 Å². The molecule has 0 aliphatic carbocycles. The third-order valence-corrected chi connectivity index (χ3v) is 7.82. The minimum Gasteiger partial charge on any atom is -0.465 e. The van der Waals surface area contributed by atoms with Crippen molar-refractivity contribution < 1.29 is 29.0 Å². The first-order valence-electron chi connectivity index (χ1n) is 12.6. The summed E-state index contributed by atoms with van der Waals surface area (Å²) in [5.74, 6) is -2.61. The summed E-state index contributed by atoms with van der Waals surface area (Å²) >= 11 is 6.07. The number of carbonyl (C=O) groups is 3. The molecule has 4 aliphatic heterocycles. The third-order valence-electron chi connectivity index (χ3n) is 7.57. The fourth-order valence-electron chi connectivity index (χ4n) is 5.95. The average Bonchev–Trinajstić information content (AvgIpc) is 3.23. The predicted octanol–water partition coefficient (Wildman–Crippen LogP) is 2.88. The highest BCUT2D eigenvalue weighted by Crippen LogP contribution is 2.53. The lowest BCUT2D eigenvalue weighted by molar-refractivity contribution is -0.154. The summed E-state index contributed by atoms with van der Waals surface area (Å²) in [4.78, 5) is 44.5. The van der Waals surface area contributed by atoms with E-state index in [4.69, 9.17) is 26.2 Å². The molecule has 1 N–H and O–H groups in total. The first-order chi connectivity index (χ1) is 17.5. The number of anilines is 1. The Labute approximate surface area is 215 Å². The number of amides is 2. The van der Waals surface area contributed by atoms with Gasteiger partial charge in [0.05, 0.1) is 18.6 Å². The van der Waals surface area contributed by atoms with Gasteiger partial charge in [-0.15, -0.1) is 0 Å². The van der Waals surface area contributed by atoms with Crippen molar-refractivity contribution in [1.29, 1.82) is 0 Å². The number of esters is 1. The largest absolute Gasteiger partial charge is 0.465 e. The Balaban J connectivity index is 1.53. The summed E-state index contributed by atoms with van der Waals surface area (Å²) in [7, 11) is 0. The number of aliphatic hydroxyl groups excluding tert-OH is 1. The summed E-state index contributed by atoms with van der Waals surface area (Å²) < 4.78 is 12.0. The van der Waals surface area contributed by atoms with E-state index in [2.05, 4.69) is 0 Å². The maximum absolute atomic E-state index is 14.2. The van der Waals surface area contributed by atoms with Gasteiger partial charge in [0, 0.05) is 30.4 Å². The molecule has 192 valence electrons. The molecular weight excluding hydrogens is 484 g/mol. The smallest absolute Gasteiger partial charge is 0.312 e. The number of hydrogen-bond acceptors (Lipinski definition) is 6. The van der Waals surface area contributed by atoms with Crippen molar-refractivity contribution in [3.8, 4) is 0 Å². The lowest BCUT2D eigenvalue weighted by Gasteiger charge is -2.35. The molecule has 2 fully saturated rings. The monoisotopic (exact) mass is 514 g/mol. The minimum absolute atomic E-state index is 0.127. The van der Waals surface area contributed by atoms with Gasteiger partial charge in [0.2, 0.25) is 5.91 Å². The fourth-order valence-corrected chi connectivity index (χ4v) is 6.07. The van der Waals surface area contributed by atoms with Crippen LogP contribution in [-0.4, -0.2) is 71.8 Å². The van der Waals surface area contributed by atoms with Gasteiger partial charge in [-0.05, 0) is 43.5 Å². The number of hydrogen-bond donors (Lipinski definition) is 1. The first-order valence-corrected chi connectivity index (χ1v) is 13.0. The Kier molecular flexibility index (Phi) is 7.19. The summed E-state index contributed by atoms with van der Waals surface area (Å²) in [5, 5.41) is 9.65. The second kappa shape index (κ2) is 10.4. The molecule has 5 rings (SSSR count). The number of carbonyl (C=O) groups excluding carboxylic acids is 3. The second-order valence-electron chi connectivity index (χ2n) is 9.72. The molecule has 8 nitrogen and oxygen atoms in total. The Hall–Kier alpha value is -2.68. The highest BCUT2D eigenvalue weighted by molar-refractivity contribution is 6.30. The number of benzene rings is 1. The van der Waals surface area contributed by atoms with Crippen LogP contribution in [0.5, 0.6) is 0 Å². The van der Waals surface area contributed by atoms with Gasteiger partial charge >= 0.3 is 5.97 Å². The molecule has 0 radical (unpaired) electrons. The maximum Gasteiger partial charge on any atom is 0.312 e. The molecule has 1 spiro atoms. The lowest BCUT2D eigenvalue weighted by atomic mass is 9.77. The van der Waals surface area contributed by atoms with E-state index in [0.29, 0.717) is 43.1 Å². The predicted molar refractivity (Wildman–Crippen MR) is 133 cm³/mol. The Morgan fingerprint density at radius 3 is 2.58 bits per heavy atom. The van der Waals surface area contributed by atoms with Gasteiger partial charge in [0.15, 0.2) is 0 Å². The number of fused-ring (bicyclic) bond motifs is 2. The number of unbranched alkanes of at least 4 members (excludes halogenated alkanes) is 3. The van der Waals surface area contributed by atoms with Crippen molar-refractivity contribution in [2.75, 3.05) is 31.2 Å². The van der Waals surface area contributed by atoms with Crippen molar-refractivity contribution in [3.63, 3.8) is 0 Å². The molecule has 0 saturated carbocycles. The van der Waals surface area contributed by atoms with Crippen LogP contribution >= 0.6 is 11.6 Å². The molecule has 5 atom stereocenters. The van der Waals surface area contributed by atoms with E-state index in [1.54, 1.807) is 34.1 Å². The average molecular weight is 515 g/mol. The Bertz CT molecular complexity index is 1070. The van der Waals surface area contributed by atoms with E-state index in [-0.39, 0.29) is 25.0 Å². The lowest BCUT2D eigenvalue weighted by Crippen LogP contribution is -2.55. The molecule has 9 heteroatoms. The molecule has 36 heavy (non-hydrogen) atoms.